The highest BCUT2D eigenvalue weighted by Gasteiger charge is 2.18. The summed E-state index contributed by atoms with van der Waals surface area (Å²) >= 11 is 0. The Morgan fingerprint density at radius 3 is 2.12 bits per heavy atom. The Hall–Kier alpha value is -0.800. The predicted molar refractivity (Wildman–Crippen MR) is 71.6 cm³/mol. The number of hydrogen-bond acceptors (Lipinski definition) is 2. The van der Waals surface area contributed by atoms with Gasteiger partial charge in [-0.25, -0.2) is 0 Å². The lowest BCUT2D eigenvalue weighted by atomic mass is 9.99. The molecule has 0 unspecified atom stereocenters. The van der Waals surface area contributed by atoms with Gasteiger partial charge >= 0.3 is 0 Å². The van der Waals surface area contributed by atoms with Gasteiger partial charge in [-0.2, -0.15) is 0 Å². The molecule has 0 saturated heterocycles. The molecule has 94 valence electrons. The van der Waals surface area contributed by atoms with Gasteiger partial charge in [0.2, 0.25) is 5.91 Å². The normalized spacial score (nSPS) is 10.5. The molecule has 0 aliphatic heterocycles. The average molecular weight is 247 g/mol. The standard InChI is InChI=1S/C12H22N2O.ClH/c1-5-7-10(8-6-2)11(15)14-9-12(3,4)13;/h5-6,10H,1-2,7-9,13H2,3-4H3,(H,14,15);1H. The van der Waals surface area contributed by atoms with Gasteiger partial charge in [-0.1, -0.05) is 12.2 Å². The second kappa shape index (κ2) is 8.36. The summed E-state index contributed by atoms with van der Waals surface area (Å²) in [5, 5.41) is 2.83. The van der Waals surface area contributed by atoms with Gasteiger partial charge in [-0.3, -0.25) is 4.79 Å². The molecule has 0 bridgehead atoms. The van der Waals surface area contributed by atoms with Gasteiger partial charge in [0.15, 0.2) is 0 Å². The molecule has 0 heterocycles. The van der Waals surface area contributed by atoms with E-state index in [0.717, 1.165) is 0 Å². The number of rotatable bonds is 7. The number of nitrogens with two attached hydrogens (primary N) is 1. The smallest absolute Gasteiger partial charge is 0.223 e. The molecule has 0 aliphatic rings. The fraction of sp³-hybridized carbons (Fsp3) is 0.583. The minimum atomic E-state index is -0.372. The summed E-state index contributed by atoms with van der Waals surface area (Å²) in [6.45, 7) is 11.5. The molecule has 0 rings (SSSR count). The fourth-order valence-electron chi connectivity index (χ4n) is 1.17. The molecule has 1 amide bonds. The van der Waals surface area contributed by atoms with Gasteiger partial charge in [0.25, 0.3) is 0 Å². The Morgan fingerprint density at radius 2 is 1.81 bits per heavy atom. The van der Waals surface area contributed by atoms with Gasteiger partial charge < -0.3 is 11.1 Å². The number of nitrogens with one attached hydrogen (secondary N) is 1. The van der Waals surface area contributed by atoms with Crippen molar-refractivity contribution >= 4 is 18.3 Å². The molecule has 0 aromatic carbocycles. The molecule has 3 nitrogen and oxygen atoms in total. The third-order valence-electron chi connectivity index (χ3n) is 1.99. The monoisotopic (exact) mass is 246 g/mol. The third kappa shape index (κ3) is 8.50. The molecular formula is C12H23ClN2O. The van der Waals surface area contributed by atoms with E-state index >= 15 is 0 Å². The lowest BCUT2D eigenvalue weighted by Gasteiger charge is -2.21. The van der Waals surface area contributed by atoms with Crippen molar-refractivity contribution in [3.63, 3.8) is 0 Å². The van der Waals surface area contributed by atoms with Crippen LogP contribution in [-0.4, -0.2) is 18.0 Å². The Kier molecular flexibility index (Phi) is 9.19. The molecule has 4 heteroatoms. The van der Waals surface area contributed by atoms with Gasteiger partial charge in [0.05, 0.1) is 0 Å². The maximum Gasteiger partial charge on any atom is 0.223 e. The molecule has 0 radical (unpaired) electrons. The third-order valence-corrected chi connectivity index (χ3v) is 1.99. The van der Waals surface area contributed by atoms with Crippen LogP contribution in [0.5, 0.6) is 0 Å². The van der Waals surface area contributed by atoms with Crippen molar-refractivity contribution in [3.8, 4) is 0 Å². The molecule has 3 N–H and O–H groups in total. The van der Waals surface area contributed by atoms with E-state index < -0.39 is 0 Å². The first-order valence-electron chi connectivity index (χ1n) is 5.19. The van der Waals surface area contributed by atoms with Crippen LogP contribution in [0.2, 0.25) is 0 Å². The quantitative estimate of drug-likeness (QED) is 0.676. The van der Waals surface area contributed by atoms with Crippen molar-refractivity contribution < 1.29 is 4.79 Å². The van der Waals surface area contributed by atoms with E-state index in [1.54, 1.807) is 12.2 Å². The summed E-state index contributed by atoms with van der Waals surface area (Å²) in [6, 6.07) is 0. The maximum atomic E-state index is 11.7. The highest BCUT2D eigenvalue weighted by atomic mass is 35.5. The Morgan fingerprint density at radius 1 is 1.38 bits per heavy atom. The van der Waals surface area contributed by atoms with Crippen molar-refractivity contribution in [1.29, 1.82) is 0 Å². The zero-order chi connectivity index (χ0) is 11.9. The van der Waals surface area contributed by atoms with Crippen LogP contribution in [0, 0.1) is 5.92 Å². The molecule has 0 aromatic heterocycles. The van der Waals surface area contributed by atoms with Crippen LogP contribution in [0.1, 0.15) is 26.7 Å². The minimum Gasteiger partial charge on any atom is -0.354 e. The highest BCUT2D eigenvalue weighted by Crippen LogP contribution is 2.10. The van der Waals surface area contributed by atoms with Crippen LogP contribution in [-0.2, 0) is 4.79 Å². The number of carbonyl (C=O) groups is 1. The van der Waals surface area contributed by atoms with Crippen LogP contribution >= 0.6 is 12.4 Å². The van der Waals surface area contributed by atoms with Crippen molar-refractivity contribution in [1.82, 2.24) is 5.32 Å². The van der Waals surface area contributed by atoms with Crippen molar-refractivity contribution in [2.45, 2.75) is 32.2 Å². The van der Waals surface area contributed by atoms with Crippen molar-refractivity contribution in [2.75, 3.05) is 6.54 Å². The first-order chi connectivity index (χ1) is 6.90. The van der Waals surface area contributed by atoms with Gasteiger partial charge in [0, 0.05) is 18.0 Å². The van der Waals surface area contributed by atoms with E-state index in [-0.39, 0.29) is 29.8 Å². The van der Waals surface area contributed by atoms with Crippen LogP contribution in [0.25, 0.3) is 0 Å². The molecule has 0 spiro atoms. The molecular weight excluding hydrogens is 224 g/mol. The summed E-state index contributed by atoms with van der Waals surface area (Å²) in [5.74, 6) is -0.0457. The van der Waals surface area contributed by atoms with Gasteiger partial charge in [-0.15, -0.1) is 25.6 Å². The van der Waals surface area contributed by atoms with Crippen LogP contribution < -0.4 is 11.1 Å². The van der Waals surface area contributed by atoms with Crippen molar-refractivity contribution in [3.05, 3.63) is 25.3 Å². The minimum absolute atomic E-state index is 0. The van der Waals surface area contributed by atoms with Crippen LogP contribution in [0.4, 0.5) is 0 Å². The van der Waals surface area contributed by atoms with E-state index in [4.69, 9.17) is 5.73 Å². The van der Waals surface area contributed by atoms with E-state index in [1.807, 2.05) is 13.8 Å². The first-order valence-corrected chi connectivity index (χ1v) is 5.19. The summed E-state index contributed by atoms with van der Waals surface area (Å²) in [4.78, 5) is 11.7. The zero-order valence-electron chi connectivity index (χ0n) is 10.2. The molecule has 0 atom stereocenters. The van der Waals surface area contributed by atoms with Crippen LogP contribution in [0.3, 0.4) is 0 Å². The lowest BCUT2D eigenvalue weighted by molar-refractivity contribution is -0.125. The predicted octanol–water partition coefficient (Wildman–Crippen LogP) is 2.03. The van der Waals surface area contributed by atoms with E-state index in [0.29, 0.717) is 19.4 Å². The number of hydrogen-bond donors (Lipinski definition) is 2. The lowest BCUT2D eigenvalue weighted by Crippen LogP contribution is -2.46. The second-order valence-electron chi connectivity index (χ2n) is 4.45. The Bertz CT molecular complexity index is 224. The number of amides is 1. The van der Waals surface area contributed by atoms with E-state index in [2.05, 4.69) is 18.5 Å². The second-order valence-corrected chi connectivity index (χ2v) is 4.45. The molecule has 0 saturated carbocycles. The van der Waals surface area contributed by atoms with E-state index in [9.17, 15) is 4.79 Å². The first kappa shape index (κ1) is 17.6. The number of allylic oxidation sites excluding steroid dienone is 2. The van der Waals surface area contributed by atoms with Gasteiger partial charge in [0.1, 0.15) is 0 Å². The summed E-state index contributed by atoms with van der Waals surface area (Å²) in [5.41, 5.74) is 5.40. The highest BCUT2D eigenvalue weighted by molar-refractivity contribution is 5.85. The molecule has 16 heavy (non-hydrogen) atoms. The Labute approximate surface area is 105 Å². The SMILES string of the molecule is C=CCC(CC=C)C(=O)NCC(C)(C)N.Cl. The molecule has 0 aromatic rings. The summed E-state index contributed by atoms with van der Waals surface area (Å²) in [7, 11) is 0. The zero-order valence-corrected chi connectivity index (χ0v) is 11.0. The topological polar surface area (TPSA) is 55.1 Å². The van der Waals surface area contributed by atoms with E-state index in [1.165, 1.54) is 0 Å². The fourth-order valence-corrected chi connectivity index (χ4v) is 1.17. The Balaban J connectivity index is 0. The largest absolute Gasteiger partial charge is 0.354 e. The summed E-state index contributed by atoms with van der Waals surface area (Å²) < 4.78 is 0. The maximum absolute atomic E-state index is 11.7. The molecule has 0 aliphatic carbocycles. The molecule has 0 fully saturated rings. The van der Waals surface area contributed by atoms with Crippen LogP contribution in [0.15, 0.2) is 25.3 Å². The van der Waals surface area contributed by atoms with Crippen molar-refractivity contribution in [2.24, 2.45) is 11.7 Å². The average Bonchev–Trinajstić information content (AvgIpc) is 2.13. The number of halogens is 1. The summed E-state index contributed by atoms with van der Waals surface area (Å²) in [6.07, 6.45) is 4.84. The number of carbonyl (C=O) groups excluding carboxylic acids is 1. The van der Waals surface area contributed by atoms with Gasteiger partial charge in [-0.05, 0) is 26.7 Å².